The van der Waals surface area contributed by atoms with Gasteiger partial charge in [-0.1, -0.05) is 11.8 Å². The summed E-state index contributed by atoms with van der Waals surface area (Å²) in [5.74, 6) is 1.26. The Morgan fingerprint density at radius 3 is 2.89 bits per heavy atom. The van der Waals surface area contributed by atoms with Crippen molar-refractivity contribution in [2.24, 2.45) is 0 Å². The summed E-state index contributed by atoms with van der Waals surface area (Å²) in [5, 5.41) is 3.78. The minimum Gasteiger partial charge on any atom is -0.357 e. The number of hydrogen-bond acceptors (Lipinski definition) is 5. The molecule has 1 aliphatic rings. The average molecular weight is 266 g/mol. The smallest absolute Gasteiger partial charge is 0.232 e. The van der Waals surface area contributed by atoms with Gasteiger partial charge in [0.15, 0.2) is 0 Å². The van der Waals surface area contributed by atoms with Gasteiger partial charge in [-0.3, -0.25) is 4.79 Å². The molecule has 1 amide bonds. The SMILES string of the molecule is CNc1ncc(C)c(SCC(=O)N2CCCC2)n1. The molecule has 0 atom stereocenters. The largest absolute Gasteiger partial charge is 0.357 e. The van der Waals surface area contributed by atoms with Gasteiger partial charge in [0.1, 0.15) is 5.03 Å². The average Bonchev–Trinajstić information content (AvgIpc) is 2.91. The predicted octanol–water partition coefficient (Wildman–Crippen LogP) is 1.54. The summed E-state index contributed by atoms with van der Waals surface area (Å²) in [6.07, 6.45) is 4.04. The van der Waals surface area contributed by atoms with Gasteiger partial charge in [0.2, 0.25) is 11.9 Å². The van der Waals surface area contributed by atoms with Crippen molar-refractivity contribution in [3.63, 3.8) is 0 Å². The molecule has 1 N–H and O–H groups in total. The molecule has 1 saturated heterocycles. The number of hydrogen-bond donors (Lipinski definition) is 1. The molecule has 2 heterocycles. The lowest BCUT2D eigenvalue weighted by molar-refractivity contribution is -0.127. The van der Waals surface area contributed by atoms with Crippen molar-refractivity contribution >= 4 is 23.6 Å². The van der Waals surface area contributed by atoms with Crippen LogP contribution >= 0.6 is 11.8 Å². The number of thioether (sulfide) groups is 1. The van der Waals surface area contributed by atoms with Gasteiger partial charge < -0.3 is 10.2 Å². The minimum absolute atomic E-state index is 0.210. The second-order valence-corrected chi connectivity index (χ2v) is 5.27. The second-order valence-electron chi connectivity index (χ2n) is 4.31. The Hall–Kier alpha value is -1.30. The maximum absolute atomic E-state index is 11.9. The highest BCUT2D eigenvalue weighted by molar-refractivity contribution is 7.99. The van der Waals surface area contributed by atoms with E-state index in [0.717, 1.165) is 36.5 Å². The highest BCUT2D eigenvalue weighted by Crippen LogP contribution is 2.21. The molecule has 1 fully saturated rings. The van der Waals surface area contributed by atoms with Crippen molar-refractivity contribution in [1.82, 2.24) is 14.9 Å². The van der Waals surface area contributed by atoms with Crippen molar-refractivity contribution in [2.75, 3.05) is 31.2 Å². The lowest BCUT2D eigenvalue weighted by Gasteiger charge is -2.14. The zero-order chi connectivity index (χ0) is 13.0. The number of carbonyl (C=O) groups is 1. The lowest BCUT2D eigenvalue weighted by atomic mass is 10.4. The summed E-state index contributed by atoms with van der Waals surface area (Å²) in [6.45, 7) is 3.77. The topological polar surface area (TPSA) is 58.1 Å². The summed E-state index contributed by atoms with van der Waals surface area (Å²) < 4.78 is 0. The van der Waals surface area contributed by atoms with Crippen molar-refractivity contribution in [3.8, 4) is 0 Å². The van der Waals surface area contributed by atoms with Crippen LogP contribution in [0.2, 0.25) is 0 Å². The summed E-state index contributed by atoms with van der Waals surface area (Å²) >= 11 is 1.49. The molecule has 6 heteroatoms. The van der Waals surface area contributed by atoms with Crippen LogP contribution in [0, 0.1) is 6.92 Å². The Morgan fingerprint density at radius 2 is 2.22 bits per heavy atom. The van der Waals surface area contributed by atoms with Crippen LogP contribution in [0.4, 0.5) is 5.95 Å². The number of nitrogens with one attached hydrogen (secondary N) is 1. The molecule has 0 unspecified atom stereocenters. The van der Waals surface area contributed by atoms with Crippen LogP contribution in [-0.4, -0.2) is 46.7 Å². The Kier molecular flexibility index (Phi) is 4.41. The zero-order valence-electron chi connectivity index (χ0n) is 10.8. The van der Waals surface area contributed by atoms with Gasteiger partial charge in [-0.2, -0.15) is 0 Å². The summed E-state index contributed by atoms with van der Waals surface area (Å²) in [6, 6.07) is 0. The van der Waals surface area contributed by atoms with Crippen LogP contribution in [-0.2, 0) is 4.79 Å². The third-order valence-electron chi connectivity index (χ3n) is 2.94. The van der Waals surface area contributed by atoms with Gasteiger partial charge in [-0.15, -0.1) is 0 Å². The normalized spacial score (nSPS) is 14.9. The first-order valence-corrected chi connectivity index (χ1v) is 7.11. The van der Waals surface area contributed by atoms with E-state index in [1.54, 1.807) is 13.2 Å². The number of amides is 1. The van der Waals surface area contributed by atoms with Crippen LogP contribution in [0.3, 0.4) is 0 Å². The van der Waals surface area contributed by atoms with Crippen LogP contribution in [0.1, 0.15) is 18.4 Å². The number of aryl methyl sites for hydroxylation is 1. The molecule has 5 nitrogen and oxygen atoms in total. The van der Waals surface area contributed by atoms with Crippen molar-refractivity contribution in [1.29, 1.82) is 0 Å². The molecule has 0 aromatic carbocycles. The van der Waals surface area contributed by atoms with Crippen molar-refractivity contribution < 1.29 is 4.79 Å². The van der Waals surface area contributed by atoms with Crippen molar-refractivity contribution in [2.45, 2.75) is 24.8 Å². The molecule has 0 aliphatic carbocycles. The Morgan fingerprint density at radius 1 is 1.50 bits per heavy atom. The minimum atomic E-state index is 0.210. The highest BCUT2D eigenvalue weighted by atomic mass is 32.2. The maximum atomic E-state index is 11.9. The molecule has 0 saturated carbocycles. The summed E-state index contributed by atoms with van der Waals surface area (Å²) in [4.78, 5) is 22.4. The van der Waals surface area contributed by atoms with Gasteiger partial charge >= 0.3 is 0 Å². The molecule has 1 aromatic rings. The quantitative estimate of drug-likeness (QED) is 0.662. The molecule has 1 aliphatic heterocycles. The Bertz CT molecular complexity index is 432. The number of likely N-dealkylation sites (tertiary alicyclic amines) is 1. The molecule has 1 aromatic heterocycles. The summed E-state index contributed by atoms with van der Waals surface area (Å²) in [5.41, 5.74) is 1.01. The number of nitrogens with zero attached hydrogens (tertiary/aromatic N) is 3. The first-order chi connectivity index (χ1) is 8.70. The Labute approximate surface area is 111 Å². The van der Waals surface area contributed by atoms with Crippen LogP contribution < -0.4 is 5.32 Å². The molecule has 2 rings (SSSR count). The highest BCUT2D eigenvalue weighted by Gasteiger charge is 2.18. The number of aromatic nitrogens is 2. The fraction of sp³-hybridized carbons (Fsp3) is 0.583. The number of carbonyl (C=O) groups excluding carboxylic acids is 1. The van der Waals surface area contributed by atoms with Gasteiger partial charge in [-0.05, 0) is 25.3 Å². The van der Waals surface area contributed by atoms with E-state index in [9.17, 15) is 4.79 Å². The molecule has 0 spiro atoms. The van der Waals surface area contributed by atoms with Crippen molar-refractivity contribution in [3.05, 3.63) is 11.8 Å². The van der Waals surface area contributed by atoms with Crippen LogP contribution in [0.25, 0.3) is 0 Å². The molecular formula is C12H18N4OS. The van der Waals surface area contributed by atoms with Crippen LogP contribution in [0.5, 0.6) is 0 Å². The number of anilines is 1. The molecule has 18 heavy (non-hydrogen) atoms. The fourth-order valence-corrected chi connectivity index (χ4v) is 2.76. The standard InChI is InChI=1S/C12H18N4OS/c1-9-7-14-12(13-2)15-11(9)18-8-10(17)16-5-3-4-6-16/h7H,3-6,8H2,1-2H3,(H,13,14,15). The van der Waals surface area contributed by atoms with Crippen LogP contribution in [0.15, 0.2) is 11.2 Å². The number of rotatable bonds is 4. The maximum Gasteiger partial charge on any atom is 0.232 e. The van der Waals surface area contributed by atoms with E-state index in [1.807, 2.05) is 11.8 Å². The van der Waals surface area contributed by atoms with E-state index in [0.29, 0.717) is 11.7 Å². The third kappa shape index (κ3) is 3.13. The predicted molar refractivity (Wildman–Crippen MR) is 72.9 cm³/mol. The van der Waals surface area contributed by atoms with Gasteiger partial charge in [0, 0.05) is 26.3 Å². The van der Waals surface area contributed by atoms with Gasteiger partial charge in [0.05, 0.1) is 5.75 Å². The summed E-state index contributed by atoms with van der Waals surface area (Å²) in [7, 11) is 1.79. The first kappa shape index (κ1) is 13.1. The molecular weight excluding hydrogens is 248 g/mol. The zero-order valence-corrected chi connectivity index (χ0v) is 11.6. The van der Waals surface area contributed by atoms with E-state index >= 15 is 0 Å². The van der Waals surface area contributed by atoms with Gasteiger partial charge in [0.25, 0.3) is 0 Å². The first-order valence-electron chi connectivity index (χ1n) is 6.12. The fourth-order valence-electron chi connectivity index (χ4n) is 1.88. The molecule has 0 radical (unpaired) electrons. The van der Waals surface area contributed by atoms with E-state index < -0.39 is 0 Å². The van der Waals surface area contributed by atoms with E-state index in [-0.39, 0.29) is 5.91 Å². The monoisotopic (exact) mass is 266 g/mol. The Balaban J connectivity index is 1.94. The molecule has 98 valence electrons. The lowest BCUT2D eigenvalue weighted by Crippen LogP contribution is -2.29. The van der Waals surface area contributed by atoms with E-state index in [4.69, 9.17) is 0 Å². The van der Waals surface area contributed by atoms with E-state index in [2.05, 4.69) is 15.3 Å². The third-order valence-corrected chi connectivity index (χ3v) is 4.02. The van der Waals surface area contributed by atoms with E-state index in [1.165, 1.54) is 11.8 Å². The van der Waals surface area contributed by atoms with Gasteiger partial charge in [-0.25, -0.2) is 9.97 Å². The second kappa shape index (κ2) is 6.04. The molecule has 0 bridgehead atoms.